The SMILES string of the molecule is CCNCc1cccc(Cn2cnc3ccccc32)c1. The maximum absolute atomic E-state index is 4.44. The van der Waals surface area contributed by atoms with Gasteiger partial charge in [0.15, 0.2) is 0 Å². The normalized spacial score (nSPS) is 11.1. The molecule has 0 fully saturated rings. The Morgan fingerprint density at radius 1 is 1.05 bits per heavy atom. The molecule has 3 rings (SSSR count). The first-order valence-electron chi connectivity index (χ1n) is 7.05. The Kier molecular flexibility index (Phi) is 3.79. The highest BCUT2D eigenvalue weighted by Crippen LogP contribution is 2.14. The molecule has 0 aliphatic carbocycles. The Hall–Kier alpha value is -2.13. The minimum Gasteiger partial charge on any atom is -0.326 e. The fourth-order valence-corrected chi connectivity index (χ4v) is 2.44. The second-order valence-electron chi connectivity index (χ2n) is 4.96. The van der Waals surface area contributed by atoms with Gasteiger partial charge in [0.05, 0.1) is 17.4 Å². The lowest BCUT2D eigenvalue weighted by Crippen LogP contribution is -2.12. The van der Waals surface area contributed by atoms with Gasteiger partial charge in [0.2, 0.25) is 0 Å². The van der Waals surface area contributed by atoms with E-state index >= 15 is 0 Å². The van der Waals surface area contributed by atoms with E-state index in [-0.39, 0.29) is 0 Å². The molecule has 0 spiro atoms. The molecule has 0 atom stereocenters. The Morgan fingerprint density at radius 2 is 1.90 bits per heavy atom. The zero-order chi connectivity index (χ0) is 13.8. The molecule has 0 bridgehead atoms. The number of hydrogen-bond donors (Lipinski definition) is 1. The van der Waals surface area contributed by atoms with Crippen molar-refractivity contribution in [1.29, 1.82) is 0 Å². The molecule has 3 heteroatoms. The van der Waals surface area contributed by atoms with Crippen LogP contribution < -0.4 is 5.32 Å². The van der Waals surface area contributed by atoms with Crippen LogP contribution in [0.1, 0.15) is 18.1 Å². The number of benzene rings is 2. The maximum atomic E-state index is 4.44. The quantitative estimate of drug-likeness (QED) is 0.768. The van der Waals surface area contributed by atoms with E-state index in [0.717, 1.165) is 25.2 Å². The van der Waals surface area contributed by atoms with Crippen LogP contribution in [0.2, 0.25) is 0 Å². The molecule has 0 unspecified atom stereocenters. The molecule has 0 saturated heterocycles. The lowest BCUT2D eigenvalue weighted by Gasteiger charge is -2.07. The summed E-state index contributed by atoms with van der Waals surface area (Å²) in [5.74, 6) is 0. The van der Waals surface area contributed by atoms with Crippen LogP contribution in [0, 0.1) is 0 Å². The van der Waals surface area contributed by atoms with Gasteiger partial charge in [0, 0.05) is 13.1 Å². The fourth-order valence-electron chi connectivity index (χ4n) is 2.44. The summed E-state index contributed by atoms with van der Waals surface area (Å²) >= 11 is 0. The van der Waals surface area contributed by atoms with E-state index in [1.165, 1.54) is 16.6 Å². The molecular formula is C17H19N3. The molecule has 0 aliphatic heterocycles. The average Bonchev–Trinajstić information content (AvgIpc) is 2.89. The van der Waals surface area contributed by atoms with Crippen molar-refractivity contribution in [3.8, 4) is 0 Å². The van der Waals surface area contributed by atoms with Crippen molar-refractivity contribution >= 4 is 11.0 Å². The number of fused-ring (bicyclic) bond motifs is 1. The van der Waals surface area contributed by atoms with E-state index in [4.69, 9.17) is 0 Å². The van der Waals surface area contributed by atoms with Crippen LogP contribution in [0.25, 0.3) is 11.0 Å². The molecule has 3 aromatic rings. The highest BCUT2D eigenvalue weighted by Gasteiger charge is 2.02. The van der Waals surface area contributed by atoms with Crippen LogP contribution >= 0.6 is 0 Å². The van der Waals surface area contributed by atoms with Gasteiger partial charge in [-0.1, -0.05) is 43.3 Å². The largest absolute Gasteiger partial charge is 0.326 e. The van der Waals surface area contributed by atoms with Crippen molar-refractivity contribution < 1.29 is 0 Å². The molecule has 1 N–H and O–H groups in total. The Bertz CT molecular complexity index is 700. The molecule has 1 heterocycles. The topological polar surface area (TPSA) is 29.9 Å². The lowest BCUT2D eigenvalue weighted by atomic mass is 10.1. The first-order chi connectivity index (χ1) is 9.86. The summed E-state index contributed by atoms with van der Waals surface area (Å²) in [4.78, 5) is 4.44. The van der Waals surface area contributed by atoms with Crippen LogP contribution in [0.5, 0.6) is 0 Å². The van der Waals surface area contributed by atoms with Crippen LogP contribution in [0.15, 0.2) is 54.9 Å². The van der Waals surface area contributed by atoms with E-state index in [0.29, 0.717) is 0 Å². The van der Waals surface area contributed by atoms with Gasteiger partial charge in [-0.15, -0.1) is 0 Å². The van der Waals surface area contributed by atoms with Crippen molar-refractivity contribution in [3.05, 3.63) is 66.0 Å². The van der Waals surface area contributed by atoms with E-state index in [9.17, 15) is 0 Å². The first-order valence-corrected chi connectivity index (χ1v) is 7.05. The van der Waals surface area contributed by atoms with Gasteiger partial charge >= 0.3 is 0 Å². The predicted molar refractivity (Wildman–Crippen MR) is 82.7 cm³/mol. The van der Waals surface area contributed by atoms with Gasteiger partial charge in [0.25, 0.3) is 0 Å². The van der Waals surface area contributed by atoms with Crippen molar-refractivity contribution in [1.82, 2.24) is 14.9 Å². The smallest absolute Gasteiger partial charge is 0.0961 e. The number of aromatic nitrogens is 2. The summed E-state index contributed by atoms with van der Waals surface area (Å²) in [5, 5.41) is 3.36. The van der Waals surface area contributed by atoms with Gasteiger partial charge in [-0.25, -0.2) is 4.98 Å². The van der Waals surface area contributed by atoms with Gasteiger partial charge in [-0.2, -0.15) is 0 Å². The standard InChI is InChI=1S/C17H19N3/c1-2-18-11-14-6-5-7-15(10-14)12-20-13-19-16-8-3-4-9-17(16)20/h3-10,13,18H,2,11-12H2,1H3. The van der Waals surface area contributed by atoms with Crippen LogP contribution in [-0.2, 0) is 13.1 Å². The Morgan fingerprint density at radius 3 is 2.80 bits per heavy atom. The summed E-state index contributed by atoms with van der Waals surface area (Å²) in [5.41, 5.74) is 4.87. The molecule has 3 nitrogen and oxygen atoms in total. The van der Waals surface area contributed by atoms with E-state index in [2.05, 4.69) is 58.2 Å². The molecule has 1 aromatic heterocycles. The summed E-state index contributed by atoms with van der Waals surface area (Å²) in [6, 6.07) is 17.0. The van der Waals surface area contributed by atoms with Crippen LogP contribution in [0.4, 0.5) is 0 Å². The van der Waals surface area contributed by atoms with E-state index < -0.39 is 0 Å². The maximum Gasteiger partial charge on any atom is 0.0961 e. The number of hydrogen-bond acceptors (Lipinski definition) is 2. The third kappa shape index (κ3) is 2.73. The zero-order valence-corrected chi connectivity index (χ0v) is 11.7. The van der Waals surface area contributed by atoms with Gasteiger partial charge in [-0.3, -0.25) is 0 Å². The minimum absolute atomic E-state index is 0.862. The second-order valence-corrected chi connectivity index (χ2v) is 4.96. The number of rotatable bonds is 5. The summed E-state index contributed by atoms with van der Waals surface area (Å²) in [6.07, 6.45) is 1.92. The third-order valence-electron chi connectivity index (χ3n) is 3.45. The predicted octanol–water partition coefficient (Wildman–Crippen LogP) is 3.19. The number of nitrogens with one attached hydrogen (secondary N) is 1. The number of imidazole rings is 1. The monoisotopic (exact) mass is 265 g/mol. The Labute approximate surface area is 119 Å². The molecule has 0 aliphatic rings. The number of para-hydroxylation sites is 2. The molecule has 0 saturated carbocycles. The molecule has 0 amide bonds. The molecule has 2 aromatic carbocycles. The lowest BCUT2D eigenvalue weighted by molar-refractivity contribution is 0.724. The zero-order valence-electron chi connectivity index (χ0n) is 11.7. The minimum atomic E-state index is 0.862. The average molecular weight is 265 g/mol. The van der Waals surface area contributed by atoms with Gasteiger partial charge in [0.1, 0.15) is 0 Å². The fraction of sp³-hybridized carbons (Fsp3) is 0.235. The van der Waals surface area contributed by atoms with Gasteiger partial charge < -0.3 is 9.88 Å². The summed E-state index contributed by atoms with van der Waals surface area (Å²) in [7, 11) is 0. The van der Waals surface area contributed by atoms with Crippen molar-refractivity contribution in [2.24, 2.45) is 0 Å². The van der Waals surface area contributed by atoms with Crippen molar-refractivity contribution in [3.63, 3.8) is 0 Å². The second kappa shape index (κ2) is 5.88. The van der Waals surface area contributed by atoms with Crippen molar-refractivity contribution in [2.75, 3.05) is 6.54 Å². The molecular weight excluding hydrogens is 246 g/mol. The first kappa shape index (κ1) is 12.9. The third-order valence-corrected chi connectivity index (χ3v) is 3.45. The van der Waals surface area contributed by atoms with Crippen molar-refractivity contribution in [2.45, 2.75) is 20.0 Å². The van der Waals surface area contributed by atoms with E-state index in [1.54, 1.807) is 0 Å². The highest BCUT2D eigenvalue weighted by atomic mass is 15.0. The van der Waals surface area contributed by atoms with E-state index in [1.807, 2.05) is 18.5 Å². The molecule has 0 radical (unpaired) electrons. The molecule has 102 valence electrons. The number of nitrogens with zero attached hydrogens (tertiary/aromatic N) is 2. The highest BCUT2D eigenvalue weighted by molar-refractivity contribution is 5.75. The van der Waals surface area contributed by atoms with Crippen LogP contribution in [-0.4, -0.2) is 16.1 Å². The van der Waals surface area contributed by atoms with Gasteiger partial charge in [-0.05, 0) is 29.8 Å². The summed E-state index contributed by atoms with van der Waals surface area (Å²) in [6.45, 7) is 4.91. The van der Waals surface area contributed by atoms with Crippen LogP contribution in [0.3, 0.4) is 0 Å². The molecule has 20 heavy (non-hydrogen) atoms. The Balaban J connectivity index is 1.83. The summed E-state index contributed by atoms with van der Waals surface area (Å²) < 4.78 is 2.20.